The lowest BCUT2D eigenvalue weighted by Crippen LogP contribution is -2.31. The fourth-order valence-corrected chi connectivity index (χ4v) is 1.50. The van der Waals surface area contributed by atoms with Crippen LogP contribution in [0.3, 0.4) is 0 Å². The van der Waals surface area contributed by atoms with Gasteiger partial charge < -0.3 is 27.4 Å². The summed E-state index contributed by atoms with van der Waals surface area (Å²) in [5, 5.41) is 18.0. The molecule has 0 saturated carbocycles. The molecular formula is C10H23N3O3. The number of aliphatic hydroxyl groups excluding tert-OH is 1. The fourth-order valence-electron chi connectivity index (χ4n) is 1.50. The summed E-state index contributed by atoms with van der Waals surface area (Å²) in [5.74, 6) is -0.989. The van der Waals surface area contributed by atoms with Gasteiger partial charge in [-0.15, -0.1) is 0 Å². The van der Waals surface area contributed by atoms with Gasteiger partial charge in [-0.3, -0.25) is 4.79 Å². The quantitative estimate of drug-likeness (QED) is 0.346. The van der Waals surface area contributed by atoms with Crippen molar-refractivity contribution in [2.75, 3.05) is 6.54 Å². The molecule has 0 aliphatic heterocycles. The lowest BCUT2D eigenvalue weighted by Gasteiger charge is -2.16. The molecule has 0 aromatic rings. The molecule has 0 fully saturated rings. The maximum Gasteiger partial charge on any atom is 0.320 e. The average molecular weight is 233 g/mol. The summed E-state index contributed by atoms with van der Waals surface area (Å²) in [4.78, 5) is 10.4. The summed E-state index contributed by atoms with van der Waals surface area (Å²) in [6.45, 7) is 0.442. The third-order valence-electron chi connectivity index (χ3n) is 2.48. The summed E-state index contributed by atoms with van der Waals surface area (Å²) in [6, 6.07) is -0.941. The molecule has 3 atom stereocenters. The maximum atomic E-state index is 10.4. The smallest absolute Gasteiger partial charge is 0.320 e. The summed E-state index contributed by atoms with van der Waals surface area (Å²) in [7, 11) is 0. The van der Waals surface area contributed by atoms with E-state index in [1.807, 2.05) is 0 Å². The molecule has 16 heavy (non-hydrogen) atoms. The third kappa shape index (κ3) is 7.58. The van der Waals surface area contributed by atoms with Crippen molar-refractivity contribution >= 4 is 5.97 Å². The van der Waals surface area contributed by atoms with E-state index in [4.69, 9.17) is 22.3 Å². The molecule has 8 N–H and O–H groups in total. The van der Waals surface area contributed by atoms with Crippen LogP contribution in [0.5, 0.6) is 0 Å². The Kier molecular flexibility index (Phi) is 8.10. The van der Waals surface area contributed by atoms with E-state index < -0.39 is 18.1 Å². The van der Waals surface area contributed by atoms with Gasteiger partial charge in [0.2, 0.25) is 0 Å². The molecule has 0 rings (SSSR count). The molecule has 6 nitrogen and oxygen atoms in total. The number of rotatable bonds is 9. The Hall–Kier alpha value is -0.690. The summed E-state index contributed by atoms with van der Waals surface area (Å²) >= 11 is 0. The van der Waals surface area contributed by atoms with Crippen LogP contribution in [0.2, 0.25) is 0 Å². The van der Waals surface area contributed by atoms with Crippen molar-refractivity contribution in [1.82, 2.24) is 0 Å². The molecule has 0 aromatic carbocycles. The van der Waals surface area contributed by atoms with Crippen molar-refractivity contribution in [3.63, 3.8) is 0 Å². The molecule has 0 heterocycles. The van der Waals surface area contributed by atoms with Crippen molar-refractivity contribution in [1.29, 1.82) is 0 Å². The molecule has 0 bridgehead atoms. The normalized spacial score (nSPS) is 16.8. The van der Waals surface area contributed by atoms with Crippen molar-refractivity contribution in [2.45, 2.75) is 50.3 Å². The van der Waals surface area contributed by atoms with E-state index in [2.05, 4.69) is 0 Å². The first-order valence-electron chi connectivity index (χ1n) is 5.59. The Balaban J connectivity index is 3.57. The molecule has 96 valence electrons. The Morgan fingerprint density at radius 1 is 1.19 bits per heavy atom. The van der Waals surface area contributed by atoms with Gasteiger partial charge in [0.1, 0.15) is 6.04 Å². The van der Waals surface area contributed by atoms with E-state index in [0.29, 0.717) is 38.6 Å². The first-order chi connectivity index (χ1) is 7.47. The number of hydrogen-bond donors (Lipinski definition) is 5. The van der Waals surface area contributed by atoms with Crippen LogP contribution in [0.15, 0.2) is 0 Å². The number of carboxylic acids is 1. The molecule has 0 aliphatic rings. The van der Waals surface area contributed by atoms with Gasteiger partial charge in [0.15, 0.2) is 0 Å². The van der Waals surface area contributed by atoms with Crippen LogP contribution < -0.4 is 17.2 Å². The number of nitrogens with two attached hydrogens (primary N) is 3. The number of aliphatic carboxylic acids is 1. The van der Waals surface area contributed by atoms with Gasteiger partial charge in [0.25, 0.3) is 0 Å². The minimum atomic E-state index is -0.989. The lowest BCUT2D eigenvalue weighted by atomic mass is 10.0. The Bertz CT molecular complexity index is 202. The summed E-state index contributed by atoms with van der Waals surface area (Å²) < 4.78 is 0. The standard InChI is InChI=1S/C10H23N3O3/c11-5-4-8(14)6-7(12)2-1-3-9(13)10(15)16/h7-9,14H,1-6,11-13H2,(H,15,16)/t7?,8-,9+/m1/s1. The van der Waals surface area contributed by atoms with Gasteiger partial charge in [-0.1, -0.05) is 0 Å². The van der Waals surface area contributed by atoms with Crippen LogP contribution in [0, 0.1) is 0 Å². The van der Waals surface area contributed by atoms with Crippen LogP contribution in [0.4, 0.5) is 0 Å². The minimum absolute atomic E-state index is 0.123. The Morgan fingerprint density at radius 3 is 2.31 bits per heavy atom. The monoisotopic (exact) mass is 233 g/mol. The largest absolute Gasteiger partial charge is 0.480 e. The van der Waals surface area contributed by atoms with Crippen LogP contribution >= 0.6 is 0 Å². The number of carboxylic acid groups (broad SMARTS) is 1. The van der Waals surface area contributed by atoms with Gasteiger partial charge in [-0.2, -0.15) is 0 Å². The minimum Gasteiger partial charge on any atom is -0.480 e. The molecule has 6 heteroatoms. The Labute approximate surface area is 95.8 Å². The van der Waals surface area contributed by atoms with Gasteiger partial charge in [-0.25, -0.2) is 0 Å². The van der Waals surface area contributed by atoms with E-state index >= 15 is 0 Å². The predicted octanol–water partition coefficient (Wildman–Crippen LogP) is -1.00. The van der Waals surface area contributed by atoms with Crippen LogP contribution in [-0.4, -0.2) is 40.9 Å². The molecule has 0 aromatic heterocycles. The summed E-state index contributed by atoms with van der Waals surface area (Å²) in [6.07, 6.45) is 2.32. The third-order valence-corrected chi connectivity index (χ3v) is 2.48. The van der Waals surface area contributed by atoms with Gasteiger partial charge in [-0.05, 0) is 38.6 Å². The second-order valence-corrected chi connectivity index (χ2v) is 4.10. The van der Waals surface area contributed by atoms with Crippen molar-refractivity contribution in [3.8, 4) is 0 Å². The van der Waals surface area contributed by atoms with E-state index in [9.17, 15) is 9.90 Å². The van der Waals surface area contributed by atoms with Crippen LogP contribution in [0.1, 0.15) is 32.1 Å². The second kappa shape index (κ2) is 8.46. The zero-order chi connectivity index (χ0) is 12.6. The highest BCUT2D eigenvalue weighted by atomic mass is 16.4. The number of carbonyl (C=O) groups is 1. The van der Waals surface area contributed by atoms with Crippen LogP contribution in [-0.2, 0) is 4.79 Å². The number of aliphatic hydroxyl groups is 1. The van der Waals surface area contributed by atoms with E-state index in [0.717, 1.165) is 0 Å². The second-order valence-electron chi connectivity index (χ2n) is 4.10. The molecule has 0 aliphatic carbocycles. The first-order valence-corrected chi connectivity index (χ1v) is 5.59. The van der Waals surface area contributed by atoms with Gasteiger partial charge in [0, 0.05) is 6.04 Å². The lowest BCUT2D eigenvalue weighted by molar-refractivity contribution is -0.138. The van der Waals surface area contributed by atoms with Crippen molar-refractivity contribution in [3.05, 3.63) is 0 Å². The molecule has 0 saturated heterocycles. The highest BCUT2D eigenvalue weighted by Crippen LogP contribution is 2.08. The SMILES string of the molecule is NCC[C@@H](O)CC(N)CCC[C@H](N)C(=O)O. The average Bonchev–Trinajstić information content (AvgIpc) is 2.17. The van der Waals surface area contributed by atoms with Gasteiger partial charge >= 0.3 is 5.97 Å². The van der Waals surface area contributed by atoms with E-state index in [-0.39, 0.29) is 6.04 Å². The zero-order valence-electron chi connectivity index (χ0n) is 9.51. The molecule has 1 unspecified atom stereocenters. The van der Waals surface area contributed by atoms with Gasteiger partial charge in [0.05, 0.1) is 6.10 Å². The molecule has 0 amide bonds. The first kappa shape index (κ1) is 15.3. The van der Waals surface area contributed by atoms with Crippen molar-refractivity contribution < 1.29 is 15.0 Å². The highest BCUT2D eigenvalue weighted by Gasteiger charge is 2.13. The number of hydrogen-bond acceptors (Lipinski definition) is 5. The molecule has 0 spiro atoms. The predicted molar refractivity (Wildman–Crippen MR) is 61.7 cm³/mol. The maximum absolute atomic E-state index is 10.4. The highest BCUT2D eigenvalue weighted by molar-refractivity contribution is 5.72. The van der Waals surface area contributed by atoms with E-state index in [1.165, 1.54) is 0 Å². The topological polar surface area (TPSA) is 136 Å². The zero-order valence-corrected chi connectivity index (χ0v) is 9.51. The van der Waals surface area contributed by atoms with E-state index in [1.54, 1.807) is 0 Å². The van der Waals surface area contributed by atoms with Crippen molar-refractivity contribution in [2.24, 2.45) is 17.2 Å². The van der Waals surface area contributed by atoms with Crippen LogP contribution in [0.25, 0.3) is 0 Å². The Morgan fingerprint density at radius 2 is 1.81 bits per heavy atom. The fraction of sp³-hybridized carbons (Fsp3) is 0.900. The summed E-state index contributed by atoms with van der Waals surface area (Å²) in [5.41, 5.74) is 16.4. The molecule has 0 radical (unpaired) electrons. The molecular weight excluding hydrogens is 210 g/mol.